The predicted molar refractivity (Wildman–Crippen MR) is 86.0 cm³/mol. The molecule has 0 amide bonds. The van der Waals surface area contributed by atoms with Gasteiger partial charge in [-0.25, -0.2) is 0 Å². The second kappa shape index (κ2) is 4.82. The van der Waals surface area contributed by atoms with E-state index in [2.05, 4.69) is 53.7 Å². The molecule has 2 nitrogen and oxygen atoms in total. The summed E-state index contributed by atoms with van der Waals surface area (Å²) >= 11 is 0. The Kier molecular flexibility index (Phi) is 3.46. The molecule has 1 aromatic rings. The maximum Gasteiger partial charge on any atom is 0.110 e. The lowest BCUT2D eigenvalue weighted by molar-refractivity contribution is -0.134. The average molecular weight is 288 g/mol. The molecule has 0 N–H and O–H groups in total. The Morgan fingerprint density at radius 2 is 1.43 bits per heavy atom. The normalized spacial score (nSPS) is 25.6. The Balaban J connectivity index is 2.20. The zero-order valence-corrected chi connectivity index (χ0v) is 14.2. The van der Waals surface area contributed by atoms with Crippen molar-refractivity contribution in [2.75, 3.05) is 13.2 Å². The van der Waals surface area contributed by atoms with Gasteiger partial charge in [-0.3, -0.25) is 0 Å². The maximum atomic E-state index is 6.11. The van der Waals surface area contributed by atoms with Crippen molar-refractivity contribution in [1.82, 2.24) is 0 Å². The highest BCUT2D eigenvalue weighted by molar-refractivity contribution is 5.51. The Morgan fingerprint density at radius 1 is 0.857 bits per heavy atom. The van der Waals surface area contributed by atoms with Gasteiger partial charge in [-0.1, -0.05) is 53.7 Å². The molecule has 0 spiro atoms. The minimum absolute atomic E-state index is 0.130. The molecule has 1 aliphatic heterocycles. The SMILES string of the molecule is CC(C)(C)c1ccc(C(C)(C)C)c2c1CC1OCCOC21. The fraction of sp³-hybridized carbons (Fsp3) is 0.684. The molecule has 0 aromatic heterocycles. The minimum atomic E-state index is 0.130. The van der Waals surface area contributed by atoms with E-state index in [0.29, 0.717) is 6.61 Å². The summed E-state index contributed by atoms with van der Waals surface area (Å²) in [6, 6.07) is 4.65. The molecule has 2 aliphatic rings. The van der Waals surface area contributed by atoms with Gasteiger partial charge in [0.2, 0.25) is 0 Å². The first-order valence-corrected chi connectivity index (χ1v) is 8.09. The van der Waals surface area contributed by atoms with Gasteiger partial charge in [-0.05, 0) is 33.1 Å². The van der Waals surface area contributed by atoms with Crippen LogP contribution in [0.2, 0.25) is 0 Å². The van der Waals surface area contributed by atoms with Crippen LogP contribution in [-0.2, 0) is 26.7 Å². The molecular weight excluding hydrogens is 260 g/mol. The summed E-state index contributed by atoms with van der Waals surface area (Å²) in [5.74, 6) is 0. The van der Waals surface area contributed by atoms with Crippen molar-refractivity contribution in [3.05, 3.63) is 34.4 Å². The molecule has 1 aromatic carbocycles. The van der Waals surface area contributed by atoms with Gasteiger partial charge >= 0.3 is 0 Å². The lowest BCUT2D eigenvalue weighted by Gasteiger charge is -2.31. The van der Waals surface area contributed by atoms with Gasteiger partial charge in [-0.2, -0.15) is 0 Å². The predicted octanol–water partition coefficient (Wildman–Crippen LogP) is 4.29. The van der Waals surface area contributed by atoms with Crippen LogP contribution >= 0.6 is 0 Å². The van der Waals surface area contributed by atoms with Gasteiger partial charge in [0.1, 0.15) is 6.10 Å². The average Bonchev–Trinajstić information content (AvgIpc) is 2.74. The topological polar surface area (TPSA) is 18.5 Å². The molecule has 0 saturated carbocycles. The standard InChI is InChI=1S/C19H28O2/c1-18(2,3)13-7-8-14(19(4,5)6)16-12(13)11-15-17(16)21-10-9-20-15/h7-8,15,17H,9-11H2,1-6H3. The monoisotopic (exact) mass is 288 g/mol. The van der Waals surface area contributed by atoms with Gasteiger partial charge in [-0.15, -0.1) is 0 Å². The van der Waals surface area contributed by atoms with Crippen LogP contribution in [0.3, 0.4) is 0 Å². The molecule has 1 fully saturated rings. The molecule has 2 atom stereocenters. The van der Waals surface area contributed by atoms with Gasteiger partial charge in [0, 0.05) is 6.42 Å². The van der Waals surface area contributed by atoms with Gasteiger partial charge < -0.3 is 9.47 Å². The smallest absolute Gasteiger partial charge is 0.110 e. The molecule has 116 valence electrons. The van der Waals surface area contributed by atoms with Gasteiger partial charge in [0.25, 0.3) is 0 Å². The molecule has 1 saturated heterocycles. The first kappa shape index (κ1) is 15.1. The lowest BCUT2D eigenvalue weighted by atomic mass is 9.76. The van der Waals surface area contributed by atoms with E-state index in [1.807, 2.05) is 0 Å². The van der Waals surface area contributed by atoms with E-state index in [9.17, 15) is 0 Å². The van der Waals surface area contributed by atoms with Crippen molar-refractivity contribution in [3.63, 3.8) is 0 Å². The van der Waals surface area contributed by atoms with E-state index in [1.165, 1.54) is 22.3 Å². The Labute approximate surface area is 128 Å². The Hall–Kier alpha value is -0.860. The highest BCUT2D eigenvalue weighted by Crippen LogP contribution is 2.46. The fourth-order valence-electron chi connectivity index (χ4n) is 3.77. The van der Waals surface area contributed by atoms with E-state index in [1.54, 1.807) is 0 Å². The minimum Gasteiger partial charge on any atom is -0.372 e. The molecule has 21 heavy (non-hydrogen) atoms. The molecule has 2 heteroatoms. The van der Waals surface area contributed by atoms with Gasteiger partial charge in [0.15, 0.2) is 0 Å². The quantitative estimate of drug-likeness (QED) is 0.709. The largest absolute Gasteiger partial charge is 0.372 e. The van der Waals surface area contributed by atoms with Crippen LogP contribution in [0.5, 0.6) is 0 Å². The van der Waals surface area contributed by atoms with Crippen molar-refractivity contribution in [2.45, 2.75) is 71.0 Å². The highest BCUT2D eigenvalue weighted by Gasteiger charge is 2.42. The van der Waals surface area contributed by atoms with Crippen LogP contribution in [-0.4, -0.2) is 19.3 Å². The van der Waals surface area contributed by atoms with E-state index < -0.39 is 0 Å². The molecule has 0 radical (unpaired) electrons. The lowest BCUT2D eigenvalue weighted by Crippen LogP contribution is -2.30. The maximum absolute atomic E-state index is 6.11. The second-order valence-corrected chi connectivity index (χ2v) is 8.46. The third-order valence-corrected chi connectivity index (χ3v) is 4.71. The molecule has 1 aliphatic carbocycles. The van der Waals surface area contributed by atoms with Crippen molar-refractivity contribution in [1.29, 1.82) is 0 Å². The number of rotatable bonds is 0. The van der Waals surface area contributed by atoms with E-state index >= 15 is 0 Å². The van der Waals surface area contributed by atoms with Crippen molar-refractivity contribution >= 4 is 0 Å². The Morgan fingerprint density at radius 3 is 2.05 bits per heavy atom. The van der Waals surface area contributed by atoms with Crippen LogP contribution in [0.15, 0.2) is 12.1 Å². The summed E-state index contributed by atoms with van der Waals surface area (Å²) in [4.78, 5) is 0. The Bertz CT molecular complexity index is 546. The van der Waals surface area contributed by atoms with E-state index in [0.717, 1.165) is 13.0 Å². The first-order chi connectivity index (χ1) is 9.69. The molecule has 3 rings (SSSR count). The number of benzene rings is 1. The van der Waals surface area contributed by atoms with Crippen LogP contribution in [0.1, 0.15) is 69.9 Å². The summed E-state index contributed by atoms with van der Waals surface area (Å²) in [6.07, 6.45) is 1.33. The summed E-state index contributed by atoms with van der Waals surface area (Å²) in [5.41, 5.74) is 6.06. The van der Waals surface area contributed by atoms with E-state index in [4.69, 9.17) is 9.47 Å². The third-order valence-electron chi connectivity index (χ3n) is 4.71. The van der Waals surface area contributed by atoms with Crippen LogP contribution in [0.4, 0.5) is 0 Å². The van der Waals surface area contributed by atoms with Crippen LogP contribution < -0.4 is 0 Å². The molecule has 1 heterocycles. The number of ether oxygens (including phenoxy) is 2. The summed E-state index contributed by atoms with van der Waals surface area (Å²) in [5, 5.41) is 0. The molecule has 2 unspecified atom stereocenters. The van der Waals surface area contributed by atoms with Crippen LogP contribution in [0, 0.1) is 0 Å². The highest BCUT2D eigenvalue weighted by atomic mass is 16.6. The zero-order valence-electron chi connectivity index (χ0n) is 14.2. The number of hydrogen-bond donors (Lipinski definition) is 0. The second-order valence-electron chi connectivity index (χ2n) is 8.46. The zero-order chi connectivity index (χ0) is 15.4. The van der Waals surface area contributed by atoms with Crippen molar-refractivity contribution in [2.24, 2.45) is 0 Å². The first-order valence-electron chi connectivity index (χ1n) is 8.09. The molecule has 0 bridgehead atoms. The van der Waals surface area contributed by atoms with Gasteiger partial charge in [0.05, 0.1) is 19.3 Å². The molecular formula is C19H28O2. The van der Waals surface area contributed by atoms with E-state index in [-0.39, 0.29) is 23.0 Å². The summed E-state index contributed by atoms with van der Waals surface area (Å²) in [6.45, 7) is 15.2. The van der Waals surface area contributed by atoms with Crippen molar-refractivity contribution < 1.29 is 9.47 Å². The number of hydrogen-bond acceptors (Lipinski definition) is 2. The summed E-state index contributed by atoms with van der Waals surface area (Å²) in [7, 11) is 0. The summed E-state index contributed by atoms with van der Waals surface area (Å²) < 4.78 is 12.1. The van der Waals surface area contributed by atoms with Crippen LogP contribution in [0.25, 0.3) is 0 Å². The number of fused-ring (bicyclic) bond motifs is 3. The third kappa shape index (κ3) is 2.53. The fourth-order valence-corrected chi connectivity index (χ4v) is 3.77. The van der Waals surface area contributed by atoms with Crippen molar-refractivity contribution in [3.8, 4) is 0 Å².